The van der Waals surface area contributed by atoms with Gasteiger partial charge in [0.05, 0.1) is 11.4 Å². The SMILES string of the molecule is CCCn1nccc1-c1ncccc1C[C@H]1CCNC1. The van der Waals surface area contributed by atoms with Crippen LogP contribution in [0, 0.1) is 5.92 Å². The molecule has 106 valence electrons. The highest BCUT2D eigenvalue weighted by Gasteiger charge is 2.18. The first-order chi connectivity index (χ1) is 9.88. The van der Waals surface area contributed by atoms with Crippen molar-refractivity contribution in [2.45, 2.75) is 32.7 Å². The molecule has 0 bridgehead atoms. The second kappa shape index (κ2) is 6.18. The van der Waals surface area contributed by atoms with Crippen LogP contribution < -0.4 is 5.32 Å². The van der Waals surface area contributed by atoms with E-state index in [1.165, 1.54) is 12.0 Å². The summed E-state index contributed by atoms with van der Waals surface area (Å²) in [4.78, 5) is 4.62. The lowest BCUT2D eigenvalue weighted by atomic mass is 9.96. The molecule has 0 unspecified atom stereocenters. The lowest BCUT2D eigenvalue weighted by Gasteiger charge is -2.13. The van der Waals surface area contributed by atoms with Gasteiger partial charge in [0.2, 0.25) is 0 Å². The summed E-state index contributed by atoms with van der Waals surface area (Å²) in [6, 6.07) is 6.33. The molecule has 0 radical (unpaired) electrons. The first-order valence-corrected chi connectivity index (χ1v) is 7.55. The molecule has 1 aliphatic heterocycles. The molecular weight excluding hydrogens is 248 g/mol. The molecule has 20 heavy (non-hydrogen) atoms. The Morgan fingerprint density at radius 2 is 2.30 bits per heavy atom. The predicted octanol–water partition coefficient (Wildman–Crippen LogP) is 2.51. The minimum atomic E-state index is 0.737. The zero-order valence-corrected chi connectivity index (χ0v) is 12.0. The fourth-order valence-electron chi connectivity index (χ4n) is 2.96. The summed E-state index contributed by atoms with van der Waals surface area (Å²) in [5.41, 5.74) is 3.60. The van der Waals surface area contributed by atoms with Crippen molar-refractivity contribution < 1.29 is 0 Å². The van der Waals surface area contributed by atoms with E-state index in [-0.39, 0.29) is 0 Å². The zero-order chi connectivity index (χ0) is 13.8. The maximum absolute atomic E-state index is 4.62. The Kier molecular flexibility index (Phi) is 4.11. The largest absolute Gasteiger partial charge is 0.316 e. The van der Waals surface area contributed by atoms with E-state index in [2.05, 4.69) is 39.1 Å². The molecule has 1 saturated heterocycles. The van der Waals surface area contributed by atoms with Gasteiger partial charge >= 0.3 is 0 Å². The molecule has 3 rings (SSSR count). The molecule has 2 aromatic heterocycles. The number of aromatic nitrogens is 3. The molecule has 3 heterocycles. The Hall–Kier alpha value is -1.68. The van der Waals surface area contributed by atoms with Gasteiger partial charge in [0.1, 0.15) is 0 Å². The molecule has 0 aromatic carbocycles. The van der Waals surface area contributed by atoms with Crippen LogP contribution in [0.4, 0.5) is 0 Å². The maximum atomic E-state index is 4.62. The fraction of sp³-hybridized carbons (Fsp3) is 0.500. The third kappa shape index (κ3) is 2.75. The van der Waals surface area contributed by atoms with E-state index < -0.39 is 0 Å². The van der Waals surface area contributed by atoms with Gasteiger partial charge in [-0.05, 0) is 56.0 Å². The van der Waals surface area contributed by atoms with Crippen LogP contribution in [0.15, 0.2) is 30.6 Å². The monoisotopic (exact) mass is 270 g/mol. The van der Waals surface area contributed by atoms with Crippen LogP contribution in [0.3, 0.4) is 0 Å². The van der Waals surface area contributed by atoms with Crippen LogP contribution in [0.2, 0.25) is 0 Å². The topological polar surface area (TPSA) is 42.7 Å². The minimum Gasteiger partial charge on any atom is -0.316 e. The molecule has 4 heteroatoms. The van der Waals surface area contributed by atoms with Gasteiger partial charge in [-0.1, -0.05) is 13.0 Å². The van der Waals surface area contributed by atoms with Crippen LogP contribution in [0.1, 0.15) is 25.3 Å². The Labute approximate surface area is 120 Å². The normalized spacial score (nSPS) is 18.6. The van der Waals surface area contributed by atoms with Crippen molar-refractivity contribution in [2.75, 3.05) is 13.1 Å². The van der Waals surface area contributed by atoms with E-state index in [1.54, 1.807) is 0 Å². The quantitative estimate of drug-likeness (QED) is 0.907. The number of hydrogen-bond donors (Lipinski definition) is 1. The second-order valence-electron chi connectivity index (χ2n) is 5.51. The molecule has 0 aliphatic carbocycles. The Morgan fingerprint density at radius 1 is 1.35 bits per heavy atom. The van der Waals surface area contributed by atoms with Gasteiger partial charge in [-0.2, -0.15) is 5.10 Å². The first kappa shape index (κ1) is 13.3. The van der Waals surface area contributed by atoms with Gasteiger partial charge in [-0.3, -0.25) is 9.67 Å². The molecule has 2 aromatic rings. The van der Waals surface area contributed by atoms with Crippen molar-refractivity contribution in [2.24, 2.45) is 5.92 Å². The Bertz CT molecular complexity index is 555. The average Bonchev–Trinajstić information content (AvgIpc) is 3.12. The van der Waals surface area contributed by atoms with Crippen molar-refractivity contribution in [3.8, 4) is 11.4 Å². The summed E-state index contributed by atoms with van der Waals surface area (Å²) in [5.74, 6) is 0.737. The Balaban J connectivity index is 1.90. The van der Waals surface area contributed by atoms with Crippen molar-refractivity contribution >= 4 is 0 Å². The van der Waals surface area contributed by atoms with Gasteiger partial charge in [-0.25, -0.2) is 0 Å². The third-order valence-electron chi connectivity index (χ3n) is 3.96. The highest BCUT2D eigenvalue weighted by Crippen LogP contribution is 2.25. The summed E-state index contributed by atoms with van der Waals surface area (Å²) in [6.45, 7) is 5.40. The van der Waals surface area contributed by atoms with E-state index in [1.807, 2.05) is 18.5 Å². The van der Waals surface area contributed by atoms with E-state index in [9.17, 15) is 0 Å². The van der Waals surface area contributed by atoms with E-state index in [4.69, 9.17) is 0 Å². The fourth-order valence-corrected chi connectivity index (χ4v) is 2.96. The third-order valence-corrected chi connectivity index (χ3v) is 3.96. The molecule has 1 atom stereocenters. The minimum absolute atomic E-state index is 0.737. The van der Waals surface area contributed by atoms with E-state index in [0.717, 1.165) is 49.8 Å². The summed E-state index contributed by atoms with van der Waals surface area (Å²) in [7, 11) is 0. The Morgan fingerprint density at radius 3 is 3.10 bits per heavy atom. The summed E-state index contributed by atoms with van der Waals surface area (Å²) in [6.07, 6.45) is 7.22. The molecule has 1 aliphatic rings. The number of rotatable bonds is 5. The summed E-state index contributed by atoms with van der Waals surface area (Å²) >= 11 is 0. The van der Waals surface area contributed by atoms with Gasteiger partial charge in [0, 0.05) is 18.9 Å². The van der Waals surface area contributed by atoms with Crippen LogP contribution >= 0.6 is 0 Å². The molecule has 1 N–H and O–H groups in total. The van der Waals surface area contributed by atoms with Gasteiger partial charge in [0.15, 0.2) is 0 Å². The van der Waals surface area contributed by atoms with Gasteiger partial charge in [0.25, 0.3) is 0 Å². The predicted molar refractivity (Wildman–Crippen MR) is 80.4 cm³/mol. The molecule has 1 fully saturated rings. The van der Waals surface area contributed by atoms with E-state index >= 15 is 0 Å². The number of pyridine rings is 1. The standard InChI is InChI=1S/C16H22N4/c1-2-10-20-15(6-9-19-20)16-14(4-3-7-18-16)11-13-5-8-17-12-13/h3-4,6-7,9,13,17H,2,5,8,10-12H2,1H3/t13-/m1/s1. The van der Waals surface area contributed by atoms with E-state index in [0.29, 0.717) is 0 Å². The molecular formula is C16H22N4. The van der Waals surface area contributed by atoms with Gasteiger partial charge in [-0.15, -0.1) is 0 Å². The smallest absolute Gasteiger partial charge is 0.0914 e. The average molecular weight is 270 g/mol. The van der Waals surface area contributed by atoms with Crippen LogP contribution in [0.25, 0.3) is 11.4 Å². The lowest BCUT2D eigenvalue weighted by Crippen LogP contribution is -2.12. The summed E-state index contributed by atoms with van der Waals surface area (Å²) < 4.78 is 2.07. The molecule has 0 amide bonds. The highest BCUT2D eigenvalue weighted by molar-refractivity contribution is 5.59. The number of aryl methyl sites for hydroxylation is 1. The highest BCUT2D eigenvalue weighted by atomic mass is 15.3. The zero-order valence-electron chi connectivity index (χ0n) is 12.0. The summed E-state index contributed by atoms with van der Waals surface area (Å²) in [5, 5.41) is 7.86. The number of hydrogen-bond acceptors (Lipinski definition) is 3. The first-order valence-electron chi connectivity index (χ1n) is 7.55. The van der Waals surface area contributed by atoms with Crippen molar-refractivity contribution in [3.05, 3.63) is 36.2 Å². The van der Waals surface area contributed by atoms with Crippen LogP contribution in [-0.4, -0.2) is 27.9 Å². The van der Waals surface area contributed by atoms with Crippen LogP contribution in [0.5, 0.6) is 0 Å². The van der Waals surface area contributed by atoms with Crippen LogP contribution in [-0.2, 0) is 13.0 Å². The molecule has 4 nitrogen and oxygen atoms in total. The van der Waals surface area contributed by atoms with Gasteiger partial charge < -0.3 is 5.32 Å². The van der Waals surface area contributed by atoms with Crippen molar-refractivity contribution in [1.82, 2.24) is 20.1 Å². The molecule has 0 saturated carbocycles. The van der Waals surface area contributed by atoms with Crippen molar-refractivity contribution in [1.29, 1.82) is 0 Å². The number of nitrogens with one attached hydrogen (secondary N) is 1. The lowest BCUT2D eigenvalue weighted by molar-refractivity contribution is 0.577. The van der Waals surface area contributed by atoms with Crippen molar-refractivity contribution in [3.63, 3.8) is 0 Å². The number of nitrogens with zero attached hydrogens (tertiary/aromatic N) is 3. The molecule has 0 spiro atoms. The second-order valence-corrected chi connectivity index (χ2v) is 5.51. The maximum Gasteiger partial charge on any atom is 0.0914 e.